The molecule has 1 atom stereocenters. The molecular weight excluding hydrogens is 630 g/mol. The minimum Gasteiger partial charge on any atom is -0.480 e. The summed E-state index contributed by atoms with van der Waals surface area (Å²) in [5.41, 5.74) is 3.54. The van der Waals surface area contributed by atoms with Gasteiger partial charge >= 0.3 is 5.97 Å². The van der Waals surface area contributed by atoms with Crippen molar-refractivity contribution in [3.05, 3.63) is 120 Å². The van der Waals surface area contributed by atoms with E-state index in [2.05, 4.69) is 31.8 Å². The first-order chi connectivity index (χ1) is 23.1. The number of carbonyl (C=O) groups is 2. The first-order valence-electron chi connectivity index (χ1n) is 15.5. The monoisotopic (exact) mass is 667 g/mol. The highest BCUT2D eigenvalue weighted by molar-refractivity contribution is 7.87. The number of pyridine rings is 1. The second-order valence-electron chi connectivity index (χ2n) is 11.5. The topological polar surface area (TPSA) is 141 Å². The zero-order valence-corrected chi connectivity index (χ0v) is 27.5. The number of piperazine rings is 1. The third-order valence-electron chi connectivity index (χ3n) is 7.72. The number of rotatable bonds is 11. The van der Waals surface area contributed by atoms with E-state index in [1.54, 1.807) is 32.2 Å². The second kappa shape index (κ2) is 15.6. The van der Waals surface area contributed by atoms with Gasteiger partial charge in [-0.3, -0.25) is 14.6 Å². The van der Waals surface area contributed by atoms with Crippen LogP contribution in [0.4, 0.5) is 5.69 Å². The molecule has 1 saturated heterocycles. The van der Waals surface area contributed by atoms with Crippen LogP contribution in [0.3, 0.4) is 0 Å². The SMILES string of the molecule is CC(C)[C@@H](NS(=O)(=O)N1CCN(c2ccc(C#Cc3ccnc(C(=O)NCc4ccc(Oc5ccccc5)cc4)c3)cc2)CC1)C(=O)O. The predicted octanol–water partition coefficient (Wildman–Crippen LogP) is 4.27. The molecule has 2 heterocycles. The van der Waals surface area contributed by atoms with Gasteiger partial charge in [-0.1, -0.05) is 56.0 Å². The number of hydrogen-bond donors (Lipinski definition) is 3. The van der Waals surface area contributed by atoms with Crippen LogP contribution in [-0.4, -0.2) is 66.9 Å². The lowest BCUT2D eigenvalue weighted by molar-refractivity contribution is -0.140. The van der Waals surface area contributed by atoms with Crippen LogP contribution in [0.2, 0.25) is 0 Å². The minimum absolute atomic E-state index is 0.231. The van der Waals surface area contributed by atoms with E-state index in [4.69, 9.17) is 4.74 Å². The first kappa shape index (κ1) is 34.1. The van der Waals surface area contributed by atoms with Crippen LogP contribution < -0.4 is 19.7 Å². The number of nitrogens with zero attached hydrogens (tertiary/aromatic N) is 3. The lowest BCUT2D eigenvalue weighted by Gasteiger charge is -2.36. The first-order valence-corrected chi connectivity index (χ1v) is 16.9. The van der Waals surface area contributed by atoms with Crippen LogP contribution in [0.15, 0.2) is 97.2 Å². The molecule has 0 bridgehead atoms. The predicted molar refractivity (Wildman–Crippen MR) is 183 cm³/mol. The van der Waals surface area contributed by atoms with Crippen molar-refractivity contribution in [2.75, 3.05) is 31.1 Å². The average Bonchev–Trinajstić information content (AvgIpc) is 3.10. The lowest BCUT2D eigenvalue weighted by atomic mass is 10.1. The Hall–Kier alpha value is -5.22. The van der Waals surface area contributed by atoms with Crippen molar-refractivity contribution in [3.63, 3.8) is 0 Å². The largest absolute Gasteiger partial charge is 0.480 e. The second-order valence-corrected chi connectivity index (χ2v) is 13.2. The molecule has 0 radical (unpaired) electrons. The van der Waals surface area contributed by atoms with E-state index >= 15 is 0 Å². The molecule has 48 heavy (non-hydrogen) atoms. The van der Waals surface area contributed by atoms with E-state index in [0.717, 1.165) is 22.6 Å². The van der Waals surface area contributed by atoms with Crippen LogP contribution in [0.5, 0.6) is 11.5 Å². The Morgan fingerprint density at radius 1 is 0.875 bits per heavy atom. The standard InChI is InChI=1S/C36H37N5O6S/c1-26(2)34(36(43)44)39-48(45,46)41-22-20-40(21-23-41)30-14-10-27(11-15-30)8-9-28-18-19-37-33(24-28)35(42)38-25-29-12-16-32(17-13-29)47-31-6-4-3-5-7-31/h3-7,10-19,24,26,34,39H,20-23,25H2,1-2H3,(H,38,42)(H,43,44)/t34-/m1/s1. The Kier molecular flexibility index (Phi) is 11.1. The summed E-state index contributed by atoms with van der Waals surface area (Å²) in [6.45, 7) is 5.03. The van der Waals surface area contributed by atoms with Gasteiger partial charge in [0.25, 0.3) is 16.1 Å². The van der Waals surface area contributed by atoms with Crippen LogP contribution in [0.25, 0.3) is 0 Å². The molecule has 0 aliphatic carbocycles. The fourth-order valence-electron chi connectivity index (χ4n) is 5.00. The van der Waals surface area contributed by atoms with Crippen molar-refractivity contribution in [3.8, 4) is 23.3 Å². The van der Waals surface area contributed by atoms with Gasteiger partial charge in [-0.15, -0.1) is 0 Å². The van der Waals surface area contributed by atoms with Crippen LogP contribution in [-0.2, 0) is 21.5 Å². The van der Waals surface area contributed by atoms with Gasteiger partial charge in [0.1, 0.15) is 23.2 Å². The number of carbonyl (C=O) groups excluding carboxylic acids is 1. The van der Waals surface area contributed by atoms with Gasteiger partial charge in [-0.05, 0) is 72.1 Å². The molecule has 1 aliphatic heterocycles. The van der Waals surface area contributed by atoms with Gasteiger partial charge in [-0.25, -0.2) is 0 Å². The number of aromatic nitrogens is 1. The highest BCUT2D eigenvalue weighted by Crippen LogP contribution is 2.22. The molecule has 1 fully saturated rings. The number of anilines is 1. The number of hydrogen-bond acceptors (Lipinski definition) is 7. The highest BCUT2D eigenvalue weighted by Gasteiger charge is 2.33. The molecule has 5 rings (SSSR count). The van der Waals surface area contributed by atoms with Crippen LogP contribution in [0.1, 0.15) is 41.0 Å². The summed E-state index contributed by atoms with van der Waals surface area (Å²) in [6, 6.07) is 26.9. The number of para-hydroxylation sites is 1. The Morgan fingerprint density at radius 3 is 2.17 bits per heavy atom. The number of aliphatic carboxylic acids is 1. The Morgan fingerprint density at radius 2 is 1.52 bits per heavy atom. The number of carboxylic acids is 1. The fraction of sp³-hybridized carbons (Fsp3) is 0.250. The van der Waals surface area contributed by atoms with Crippen molar-refractivity contribution < 1.29 is 27.9 Å². The molecule has 0 saturated carbocycles. The molecule has 0 unspecified atom stereocenters. The molecule has 1 aromatic heterocycles. The smallest absolute Gasteiger partial charge is 0.322 e. The maximum Gasteiger partial charge on any atom is 0.322 e. The maximum absolute atomic E-state index is 12.8. The number of carboxylic acid groups (broad SMARTS) is 1. The van der Waals surface area contributed by atoms with Crippen molar-refractivity contribution in [1.29, 1.82) is 0 Å². The molecule has 248 valence electrons. The molecule has 0 spiro atoms. The zero-order valence-electron chi connectivity index (χ0n) is 26.7. The van der Waals surface area contributed by atoms with E-state index in [1.807, 2.05) is 78.9 Å². The van der Waals surface area contributed by atoms with Gasteiger partial charge in [0.05, 0.1) is 0 Å². The molecule has 11 nitrogen and oxygen atoms in total. The summed E-state index contributed by atoms with van der Waals surface area (Å²) < 4.78 is 35.0. The van der Waals surface area contributed by atoms with Crippen molar-refractivity contribution >= 4 is 27.8 Å². The van der Waals surface area contributed by atoms with Gasteiger partial charge < -0.3 is 20.1 Å². The summed E-state index contributed by atoms with van der Waals surface area (Å²) in [7, 11) is -3.93. The van der Waals surface area contributed by atoms with Crippen molar-refractivity contribution in [2.24, 2.45) is 5.92 Å². The zero-order chi connectivity index (χ0) is 34.1. The van der Waals surface area contributed by atoms with Gasteiger partial charge in [0.15, 0.2) is 0 Å². The van der Waals surface area contributed by atoms with E-state index in [-0.39, 0.29) is 30.6 Å². The Bertz CT molecular complexity index is 1880. The summed E-state index contributed by atoms with van der Waals surface area (Å²) in [5, 5.41) is 12.3. The molecule has 12 heteroatoms. The Balaban J connectivity index is 1.12. The quantitative estimate of drug-likeness (QED) is 0.202. The summed E-state index contributed by atoms with van der Waals surface area (Å²) in [5.74, 6) is 5.77. The van der Waals surface area contributed by atoms with Gasteiger partial charge in [0.2, 0.25) is 0 Å². The van der Waals surface area contributed by atoms with E-state index < -0.39 is 22.2 Å². The molecule has 4 aromatic rings. The van der Waals surface area contributed by atoms with Gasteiger partial charge in [0, 0.05) is 55.7 Å². The average molecular weight is 668 g/mol. The fourth-order valence-corrected chi connectivity index (χ4v) is 6.49. The van der Waals surface area contributed by atoms with Crippen LogP contribution in [0, 0.1) is 17.8 Å². The molecule has 1 amide bonds. The number of benzene rings is 3. The van der Waals surface area contributed by atoms with E-state index in [1.165, 1.54) is 4.31 Å². The lowest BCUT2D eigenvalue weighted by Crippen LogP contribution is -2.55. The van der Waals surface area contributed by atoms with Gasteiger partial charge in [-0.2, -0.15) is 17.4 Å². The third-order valence-corrected chi connectivity index (χ3v) is 9.32. The Labute approximate surface area is 280 Å². The summed E-state index contributed by atoms with van der Waals surface area (Å²) in [4.78, 5) is 30.5. The number of nitrogens with one attached hydrogen (secondary N) is 2. The molecule has 3 N–H and O–H groups in total. The maximum atomic E-state index is 12.8. The molecule has 1 aliphatic rings. The number of ether oxygens (including phenoxy) is 1. The molecule has 3 aromatic carbocycles. The summed E-state index contributed by atoms with van der Waals surface area (Å²) in [6.07, 6.45) is 1.55. The normalized spacial score (nSPS) is 14.1. The molecular formula is C36H37N5O6S. The van der Waals surface area contributed by atoms with Crippen molar-refractivity contribution in [1.82, 2.24) is 19.3 Å². The van der Waals surface area contributed by atoms with E-state index in [0.29, 0.717) is 30.9 Å². The summed E-state index contributed by atoms with van der Waals surface area (Å²) >= 11 is 0. The number of amides is 1. The van der Waals surface area contributed by atoms with Crippen molar-refractivity contribution in [2.45, 2.75) is 26.4 Å². The third kappa shape index (κ3) is 9.19. The van der Waals surface area contributed by atoms with Crippen LogP contribution >= 0.6 is 0 Å². The highest BCUT2D eigenvalue weighted by atomic mass is 32.2. The van der Waals surface area contributed by atoms with E-state index in [9.17, 15) is 23.1 Å². The minimum atomic E-state index is -3.93.